The molecule has 62 heavy (non-hydrogen) atoms. The number of fused-ring (bicyclic) bond motifs is 1. The summed E-state index contributed by atoms with van der Waals surface area (Å²) in [4.78, 5) is 96.7. The molecule has 328 valence electrons. The van der Waals surface area contributed by atoms with E-state index in [-0.39, 0.29) is 49.6 Å². The third-order valence-corrected chi connectivity index (χ3v) is 11.9. The molecule has 4 atom stereocenters. The van der Waals surface area contributed by atoms with Crippen LogP contribution in [0.4, 0.5) is 10.5 Å². The van der Waals surface area contributed by atoms with Crippen molar-refractivity contribution in [2.24, 2.45) is 12.8 Å². The number of hydrogen-bond donors (Lipinski definition) is 4. The second-order valence-electron chi connectivity index (χ2n) is 17.7. The second-order valence-corrected chi connectivity index (χ2v) is 17.7. The van der Waals surface area contributed by atoms with Crippen LogP contribution >= 0.6 is 0 Å². The SMILES string of the molecule is Cn1c(=O)n(C2CCC(=O)NC2=O)c2ccc(CCCCCCc3cc4c5c(c3)C[C@@H](C(=O)N[C@@H](CCC(N)=O)c3ccccn3)N5C(=O)[C@@H](NC(=O)OC(C)(C)C)CC4)cc21. The Kier molecular flexibility index (Phi) is 12.9. The highest BCUT2D eigenvalue weighted by Crippen LogP contribution is 2.41. The van der Waals surface area contributed by atoms with Crippen LogP contribution < -0.4 is 32.3 Å². The number of aryl methyl sites for hydroxylation is 4. The van der Waals surface area contributed by atoms with E-state index in [1.165, 1.54) is 4.57 Å². The number of alkyl carbamates (subject to hydrolysis) is 1. The number of ether oxygens (including phenoxy) is 1. The first kappa shape index (κ1) is 43.8. The van der Waals surface area contributed by atoms with Crippen molar-refractivity contribution >= 4 is 52.3 Å². The van der Waals surface area contributed by atoms with E-state index in [0.717, 1.165) is 66.3 Å². The number of rotatable bonds is 15. The fourth-order valence-corrected chi connectivity index (χ4v) is 8.97. The number of pyridine rings is 1. The van der Waals surface area contributed by atoms with Gasteiger partial charge < -0.3 is 21.1 Å². The molecule has 16 heteroatoms. The summed E-state index contributed by atoms with van der Waals surface area (Å²) >= 11 is 0. The monoisotopic (exact) mass is 848 g/mol. The summed E-state index contributed by atoms with van der Waals surface area (Å²) in [5.74, 6) is -2.06. The molecule has 0 saturated carbocycles. The van der Waals surface area contributed by atoms with Crippen LogP contribution in [0.2, 0.25) is 0 Å². The number of nitrogens with zero attached hydrogens (tertiary/aromatic N) is 4. The molecule has 5 N–H and O–H groups in total. The van der Waals surface area contributed by atoms with Gasteiger partial charge in [0.2, 0.25) is 29.5 Å². The fraction of sp³-hybridized carbons (Fsp3) is 0.478. The van der Waals surface area contributed by atoms with Crippen molar-refractivity contribution in [1.82, 2.24) is 30.1 Å². The average molecular weight is 849 g/mol. The Hall–Kier alpha value is -6.32. The number of amides is 6. The van der Waals surface area contributed by atoms with E-state index in [9.17, 15) is 33.6 Å². The van der Waals surface area contributed by atoms with Crippen molar-refractivity contribution in [2.75, 3.05) is 4.90 Å². The van der Waals surface area contributed by atoms with Gasteiger partial charge in [0.25, 0.3) is 0 Å². The van der Waals surface area contributed by atoms with Crippen molar-refractivity contribution < 1.29 is 33.5 Å². The molecule has 2 aromatic heterocycles. The van der Waals surface area contributed by atoms with Gasteiger partial charge in [-0.1, -0.05) is 37.1 Å². The van der Waals surface area contributed by atoms with Crippen LogP contribution in [-0.2, 0) is 61.4 Å². The Bertz CT molecular complexity index is 2450. The van der Waals surface area contributed by atoms with Crippen LogP contribution in [0.3, 0.4) is 0 Å². The summed E-state index contributed by atoms with van der Waals surface area (Å²) in [6.45, 7) is 5.25. The third-order valence-electron chi connectivity index (χ3n) is 11.9. The molecular weight excluding hydrogens is 793 g/mol. The number of primary amides is 1. The number of benzene rings is 2. The predicted molar refractivity (Wildman–Crippen MR) is 231 cm³/mol. The second kappa shape index (κ2) is 18.3. The summed E-state index contributed by atoms with van der Waals surface area (Å²) in [7, 11) is 1.70. The number of carbonyl (C=O) groups excluding carboxylic acids is 6. The molecule has 0 radical (unpaired) electrons. The maximum atomic E-state index is 14.4. The lowest BCUT2D eigenvalue weighted by Crippen LogP contribution is -2.55. The number of nitrogens with one attached hydrogen (secondary N) is 3. The standard InChI is InChI=1S/C46H56N8O8/c1-46(2,3)62-44(60)50-33-16-15-29-23-28(24-30-26-37(54(40(29)30)43(33)59)42(58)49-32(17-20-38(47)55)31-13-9-10-22-48-31)12-8-6-5-7-11-27-14-18-34-36(25-27)52(4)45(61)53(34)35-19-21-39(56)51-41(35)57/h9-10,13-14,18,22-25,32-33,35,37H,5-8,11-12,15-17,19-21,26H2,1-4H3,(H2,47,55)(H,49,58)(H,50,60)(H,51,56,57)/t32-,33-,35?,37-/m0/s1. The van der Waals surface area contributed by atoms with Gasteiger partial charge in [0.1, 0.15) is 23.7 Å². The summed E-state index contributed by atoms with van der Waals surface area (Å²) in [6.07, 6.45) is 8.25. The van der Waals surface area contributed by atoms with Crippen LogP contribution in [0, 0.1) is 0 Å². The van der Waals surface area contributed by atoms with Crippen LogP contribution in [0.25, 0.3) is 11.0 Å². The zero-order valence-corrected chi connectivity index (χ0v) is 35.8. The number of piperidine rings is 1. The Morgan fingerprint density at radius 1 is 0.919 bits per heavy atom. The lowest BCUT2D eigenvalue weighted by molar-refractivity contribution is -0.135. The minimum absolute atomic E-state index is 0.0330. The van der Waals surface area contributed by atoms with Crippen molar-refractivity contribution in [3.8, 4) is 0 Å². The molecule has 1 unspecified atom stereocenters. The lowest BCUT2D eigenvalue weighted by Gasteiger charge is -2.29. The molecule has 1 saturated heterocycles. The Morgan fingerprint density at radius 3 is 2.35 bits per heavy atom. The van der Waals surface area contributed by atoms with E-state index in [0.29, 0.717) is 29.7 Å². The predicted octanol–water partition coefficient (Wildman–Crippen LogP) is 4.28. The molecular formula is C46H56N8O8. The highest BCUT2D eigenvalue weighted by molar-refractivity contribution is 6.08. The molecule has 0 spiro atoms. The summed E-state index contributed by atoms with van der Waals surface area (Å²) < 4.78 is 8.55. The van der Waals surface area contributed by atoms with Gasteiger partial charge in [-0.2, -0.15) is 0 Å². The zero-order chi connectivity index (χ0) is 44.3. The van der Waals surface area contributed by atoms with E-state index >= 15 is 0 Å². The molecule has 3 aliphatic rings. The first-order chi connectivity index (χ1) is 29.6. The molecule has 3 aliphatic heterocycles. The number of hydrogen-bond acceptors (Lipinski definition) is 9. The zero-order valence-electron chi connectivity index (χ0n) is 35.8. The van der Waals surface area contributed by atoms with E-state index in [1.807, 2.05) is 18.2 Å². The van der Waals surface area contributed by atoms with E-state index in [1.54, 1.807) is 61.7 Å². The smallest absolute Gasteiger partial charge is 0.408 e. The van der Waals surface area contributed by atoms with Crippen LogP contribution in [0.15, 0.2) is 59.5 Å². The number of imide groups is 1. The highest BCUT2D eigenvalue weighted by atomic mass is 16.6. The highest BCUT2D eigenvalue weighted by Gasteiger charge is 2.45. The average Bonchev–Trinajstić information content (AvgIpc) is 3.68. The fourth-order valence-electron chi connectivity index (χ4n) is 8.97. The topological polar surface area (TPSA) is 217 Å². The van der Waals surface area contributed by atoms with Gasteiger partial charge in [-0.15, -0.1) is 0 Å². The number of unbranched alkanes of at least 4 members (excludes halogenated alkanes) is 3. The van der Waals surface area contributed by atoms with Crippen molar-refractivity contribution in [1.29, 1.82) is 0 Å². The van der Waals surface area contributed by atoms with Gasteiger partial charge in [-0.25, -0.2) is 9.59 Å². The van der Waals surface area contributed by atoms with Gasteiger partial charge in [0.15, 0.2) is 0 Å². The summed E-state index contributed by atoms with van der Waals surface area (Å²) in [5.41, 5.74) is 11.2. The van der Waals surface area contributed by atoms with Gasteiger partial charge in [-0.05, 0) is 119 Å². The van der Waals surface area contributed by atoms with Crippen molar-refractivity contribution in [3.05, 3.63) is 93.2 Å². The Balaban J connectivity index is 1.02. The molecule has 0 bridgehead atoms. The normalized spacial score (nSPS) is 19.1. The van der Waals surface area contributed by atoms with Gasteiger partial charge in [-0.3, -0.25) is 48.3 Å². The first-order valence-electron chi connectivity index (χ1n) is 21.6. The maximum Gasteiger partial charge on any atom is 0.408 e. The van der Waals surface area contributed by atoms with E-state index in [4.69, 9.17) is 10.5 Å². The molecule has 6 amide bonds. The third kappa shape index (κ3) is 9.74. The van der Waals surface area contributed by atoms with Crippen LogP contribution in [0.5, 0.6) is 0 Å². The Morgan fingerprint density at radius 2 is 1.66 bits per heavy atom. The number of nitrogens with two attached hydrogens (primary N) is 1. The summed E-state index contributed by atoms with van der Waals surface area (Å²) in [5, 5.41) is 8.18. The maximum absolute atomic E-state index is 14.4. The van der Waals surface area contributed by atoms with Crippen molar-refractivity contribution in [2.45, 2.75) is 134 Å². The minimum atomic E-state index is -0.917. The summed E-state index contributed by atoms with van der Waals surface area (Å²) in [6, 6.07) is 12.3. The minimum Gasteiger partial charge on any atom is -0.444 e. The largest absolute Gasteiger partial charge is 0.444 e. The van der Waals surface area contributed by atoms with Crippen LogP contribution in [0.1, 0.15) is 119 Å². The van der Waals surface area contributed by atoms with E-state index in [2.05, 4.69) is 33.1 Å². The number of aromatic nitrogens is 3. The van der Waals surface area contributed by atoms with Gasteiger partial charge in [0, 0.05) is 32.5 Å². The number of carbonyl (C=O) groups is 6. The number of anilines is 1. The van der Waals surface area contributed by atoms with Gasteiger partial charge >= 0.3 is 11.8 Å². The Labute approximate surface area is 359 Å². The first-order valence-corrected chi connectivity index (χ1v) is 21.6. The molecule has 5 heterocycles. The van der Waals surface area contributed by atoms with Crippen molar-refractivity contribution in [3.63, 3.8) is 0 Å². The molecule has 16 nitrogen and oxygen atoms in total. The molecule has 0 aliphatic carbocycles. The van der Waals surface area contributed by atoms with E-state index < -0.39 is 53.6 Å². The van der Waals surface area contributed by atoms with Crippen LogP contribution in [-0.4, -0.2) is 67.4 Å². The lowest BCUT2D eigenvalue weighted by atomic mass is 9.95. The molecule has 4 aromatic rings. The van der Waals surface area contributed by atoms with Gasteiger partial charge in [0.05, 0.1) is 28.5 Å². The quantitative estimate of drug-likeness (QED) is 0.0991. The molecule has 7 rings (SSSR count). The number of imidazole rings is 1. The molecule has 1 fully saturated rings. The molecule has 2 aromatic carbocycles.